The van der Waals surface area contributed by atoms with Gasteiger partial charge in [-0.2, -0.15) is 5.48 Å². The lowest BCUT2D eigenvalue weighted by atomic mass is 10.0. The Morgan fingerprint density at radius 1 is 1.57 bits per heavy atom. The molecular weight excluding hydrogens is 178 g/mol. The van der Waals surface area contributed by atoms with Crippen molar-refractivity contribution >= 4 is 5.78 Å². The first-order valence-electron chi connectivity index (χ1n) is 5.51. The Morgan fingerprint density at radius 3 is 2.79 bits per heavy atom. The third-order valence-electron chi connectivity index (χ3n) is 2.60. The van der Waals surface area contributed by atoms with Gasteiger partial charge in [0.05, 0.1) is 0 Å². The molecule has 0 heterocycles. The van der Waals surface area contributed by atoms with Gasteiger partial charge in [0.1, 0.15) is 6.10 Å². The number of carbonyl (C=O) groups excluding carboxylic acids is 1. The van der Waals surface area contributed by atoms with Gasteiger partial charge in [0.2, 0.25) is 0 Å². The molecule has 82 valence electrons. The van der Waals surface area contributed by atoms with Crippen molar-refractivity contribution in [3.05, 3.63) is 0 Å². The molecule has 0 amide bonds. The monoisotopic (exact) mass is 199 g/mol. The number of hydroxylamine groups is 1. The van der Waals surface area contributed by atoms with E-state index in [4.69, 9.17) is 4.84 Å². The summed E-state index contributed by atoms with van der Waals surface area (Å²) in [6.45, 7) is 6.33. The molecule has 1 aliphatic carbocycles. The summed E-state index contributed by atoms with van der Waals surface area (Å²) in [6, 6.07) is 0. The Morgan fingerprint density at radius 2 is 2.29 bits per heavy atom. The molecule has 0 aliphatic heterocycles. The SMILES string of the molecule is CCCC(C)(C)NOC1CCCC1=O. The van der Waals surface area contributed by atoms with E-state index < -0.39 is 0 Å². The first-order valence-corrected chi connectivity index (χ1v) is 5.51. The van der Waals surface area contributed by atoms with Gasteiger partial charge in [0.15, 0.2) is 5.78 Å². The Bertz CT molecular complexity index is 201. The highest BCUT2D eigenvalue weighted by Crippen LogP contribution is 2.18. The minimum absolute atomic E-state index is 0.0301. The van der Waals surface area contributed by atoms with Gasteiger partial charge in [-0.05, 0) is 33.1 Å². The van der Waals surface area contributed by atoms with Crippen LogP contribution in [0.3, 0.4) is 0 Å². The molecule has 14 heavy (non-hydrogen) atoms. The third kappa shape index (κ3) is 3.39. The minimum Gasteiger partial charge on any atom is -0.297 e. The van der Waals surface area contributed by atoms with Crippen LogP contribution in [0, 0.1) is 0 Å². The van der Waals surface area contributed by atoms with E-state index in [2.05, 4.69) is 26.3 Å². The Hall–Kier alpha value is -0.410. The second kappa shape index (κ2) is 4.89. The molecule has 0 aromatic rings. The average Bonchev–Trinajstić information content (AvgIpc) is 2.48. The molecule has 1 N–H and O–H groups in total. The molecule has 0 aromatic heterocycles. The number of carbonyl (C=O) groups is 1. The van der Waals surface area contributed by atoms with E-state index >= 15 is 0 Å². The van der Waals surface area contributed by atoms with Gasteiger partial charge in [-0.1, -0.05) is 13.3 Å². The fourth-order valence-electron chi connectivity index (χ4n) is 1.81. The van der Waals surface area contributed by atoms with Crippen molar-refractivity contribution in [3.63, 3.8) is 0 Å². The minimum atomic E-state index is -0.203. The van der Waals surface area contributed by atoms with E-state index in [9.17, 15) is 4.79 Å². The second-order valence-corrected chi connectivity index (χ2v) is 4.70. The normalized spacial score (nSPS) is 23.1. The molecular formula is C11H21NO2. The maximum absolute atomic E-state index is 11.3. The lowest BCUT2D eigenvalue weighted by molar-refractivity contribution is -0.136. The average molecular weight is 199 g/mol. The third-order valence-corrected chi connectivity index (χ3v) is 2.60. The van der Waals surface area contributed by atoms with Gasteiger partial charge >= 0.3 is 0 Å². The fourth-order valence-corrected chi connectivity index (χ4v) is 1.81. The van der Waals surface area contributed by atoms with Crippen LogP contribution in [-0.2, 0) is 9.63 Å². The zero-order valence-electron chi connectivity index (χ0n) is 9.43. The topological polar surface area (TPSA) is 38.3 Å². The van der Waals surface area contributed by atoms with Gasteiger partial charge in [0.25, 0.3) is 0 Å². The van der Waals surface area contributed by atoms with Crippen LogP contribution in [0.2, 0.25) is 0 Å². The highest BCUT2D eigenvalue weighted by Gasteiger charge is 2.27. The molecule has 1 atom stereocenters. The molecule has 0 radical (unpaired) electrons. The summed E-state index contributed by atoms with van der Waals surface area (Å²) in [6.07, 6.45) is 4.48. The maximum Gasteiger partial charge on any atom is 0.163 e. The molecule has 3 heteroatoms. The van der Waals surface area contributed by atoms with Crippen molar-refractivity contribution < 1.29 is 9.63 Å². The maximum atomic E-state index is 11.3. The summed E-state index contributed by atoms with van der Waals surface area (Å²) in [7, 11) is 0. The summed E-state index contributed by atoms with van der Waals surface area (Å²) in [5.41, 5.74) is 2.98. The van der Waals surface area contributed by atoms with Gasteiger partial charge < -0.3 is 0 Å². The number of hydrogen-bond acceptors (Lipinski definition) is 3. The number of hydrogen-bond donors (Lipinski definition) is 1. The molecule has 1 saturated carbocycles. The van der Waals surface area contributed by atoms with Crippen molar-refractivity contribution in [2.45, 2.75) is 64.5 Å². The van der Waals surface area contributed by atoms with E-state index in [1.165, 1.54) is 0 Å². The molecule has 0 bridgehead atoms. The zero-order valence-corrected chi connectivity index (χ0v) is 9.43. The van der Waals surface area contributed by atoms with E-state index in [-0.39, 0.29) is 17.4 Å². The first kappa shape index (κ1) is 11.7. The van der Waals surface area contributed by atoms with Crippen LogP contribution in [0.15, 0.2) is 0 Å². The predicted molar refractivity (Wildman–Crippen MR) is 55.9 cm³/mol. The second-order valence-electron chi connectivity index (χ2n) is 4.70. The Labute approximate surface area is 86.2 Å². The molecule has 0 spiro atoms. The molecule has 1 rings (SSSR count). The van der Waals surface area contributed by atoms with Crippen LogP contribution in [0.1, 0.15) is 52.9 Å². The zero-order chi connectivity index (χ0) is 10.6. The molecule has 0 saturated heterocycles. The molecule has 3 nitrogen and oxygen atoms in total. The van der Waals surface area contributed by atoms with Crippen molar-refractivity contribution in [1.29, 1.82) is 0 Å². The van der Waals surface area contributed by atoms with Crippen molar-refractivity contribution in [2.24, 2.45) is 0 Å². The molecule has 1 aliphatic rings. The number of ketones is 1. The van der Waals surface area contributed by atoms with Crippen LogP contribution < -0.4 is 5.48 Å². The Balaban J connectivity index is 2.28. The van der Waals surface area contributed by atoms with E-state index in [1.807, 2.05) is 0 Å². The standard InChI is InChI=1S/C11H21NO2/c1-4-8-11(2,3)12-14-10-7-5-6-9(10)13/h10,12H,4-8H2,1-3H3. The van der Waals surface area contributed by atoms with Crippen molar-refractivity contribution in [1.82, 2.24) is 5.48 Å². The summed E-state index contributed by atoms with van der Waals surface area (Å²) in [4.78, 5) is 16.7. The van der Waals surface area contributed by atoms with Gasteiger partial charge in [-0.3, -0.25) is 9.63 Å². The van der Waals surface area contributed by atoms with E-state index in [0.717, 1.165) is 25.7 Å². The predicted octanol–water partition coefficient (Wildman–Crippen LogP) is 2.21. The lowest BCUT2D eigenvalue weighted by Gasteiger charge is -2.26. The highest BCUT2D eigenvalue weighted by atomic mass is 16.7. The first-order chi connectivity index (χ1) is 6.55. The van der Waals surface area contributed by atoms with Gasteiger partial charge in [-0.15, -0.1) is 0 Å². The van der Waals surface area contributed by atoms with Crippen LogP contribution in [0.4, 0.5) is 0 Å². The summed E-state index contributed by atoms with van der Waals surface area (Å²) >= 11 is 0. The van der Waals surface area contributed by atoms with Crippen LogP contribution in [0.25, 0.3) is 0 Å². The summed E-state index contributed by atoms with van der Waals surface area (Å²) in [5.74, 6) is 0.241. The quantitative estimate of drug-likeness (QED) is 0.690. The Kier molecular flexibility index (Phi) is 4.08. The largest absolute Gasteiger partial charge is 0.297 e. The number of nitrogens with one attached hydrogen (secondary N) is 1. The fraction of sp³-hybridized carbons (Fsp3) is 0.909. The van der Waals surface area contributed by atoms with Gasteiger partial charge in [-0.25, -0.2) is 0 Å². The molecule has 1 unspecified atom stereocenters. The van der Waals surface area contributed by atoms with Crippen LogP contribution in [0.5, 0.6) is 0 Å². The van der Waals surface area contributed by atoms with E-state index in [1.54, 1.807) is 0 Å². The van der Waals surface area contributed by atoms with Crippen LogP contribution >= 0.6 is 0 Å². The van der Waals surface area contributed by atoms with E-state index in [0.29, 0.717) is 6.42 Å². The van der Waals surface area contributed by atoms with Crippen molar-refractivity contribution in [3.8, 4) is 0 Å². The van der Waals surface area contributed by atoms with Crippen molar-refractivity contribution in [2.75, 3.05) is 0 Å². The number of rotatable bonds is 5. The van der Waals surface area contributed by atoms with Crippen LogP contribution in [-0.4, -0.2) is 17.4 Å². The molecule has 1 fully saturated rings. The number of Topliss-reactive ketones (excluding diaryl/α,β-unsaturated/α-hetero) is 1. The summed E-state index contributed by atoms with van der Waals surface area (Å²) < 4.78 is 0. The molecule has 0 aromatic carbocycles. The van der Waals surface area contributed by atoms with Gasteiger partial charge in [0, 0.05) is 12.0 Å². The lowest BCUT2D eigenvalue weighted by Crippen LogP contribution is -2.42. The smallest absolute Gasteiger partial charge is 0.163 e. The highest BCUT2D eigenvalue weighted by molar-refractivity contribution is 5.84. The summed E-state index contributed by atoms with van der Waals surface area (Å²) in [5, 5.41) is 0.